The number of hydrogen-bond donors (Lipinski definition) is 1. The highest BCUT2D eigenvalue weighted by Gasteiger charge is 2.39. The van der Waals surface area contributed by atoms with Crippen molar-refractivity contribution in [3.63, 3.8) is 0 Å². The maximum Gasteiger partial charge on any atom is 0.0376 e. The minimum atomic E-state index is 0.420. The Morgan fingerprint density at radius 1 is 1.20 bits per heavy atom. The molecule has 1 heterocycles. The number of hydrogen-bond acceptors (Lipinski definition) is 3. The summed E-state index contributed by atoms with van der Waals surface area (Å²) in [7, 11) is 6.71. The third kappa shape index (κ3) is 2.57. The monoisotopic (exact) mass is 273 g/mol. The summed E-state index contributed by atoms with van der Waals surface area (Å²) in [5, 5.41) is 3.48. The standard InChI is InChI=1S/C17H27N3/c1-19(2)17(8-4-9-17)13-20(3)12-14-5-6-15-7-10-18-16(15)11-14/h5-6,11,18H,4,7-10,12-13H2,1-3H3. The quantitative estimate of drug-likeness (QED) is 0.889. The van der Waals surface area contributed by atoms with Gasteiger partial charge in [-0.2, -0.15) is 0 Å². The van der Waals surface area contributed by atoms with Crippen LogP contribution >= 0.6 is 0 Å². The number of fused-ring (bicyclic) bond motifs is 1. The summed E-state index contributed by atoms with van der Waals surface area (Å²) in [6, 6.07) is 6.93. The molecule has 3 rings (SSSR count). The molecule has 0 aromatic heterocycles. The summed E-state index contributed by atoms with van der Waals surface area (Å²) >= 11 is 0. The van der Waals surface area contributed by atoms with Gasteiger partial charge >= 0.3 is 0 Å². The molecule has 0 atom stereocenters. The highest BCUT2D eigenvalue weighted by molar-refractivity contribution is 5.57. The van der Waals surface area contributed by atoms with Crippen molar-refractivity contribution in [2.24, 2.45) is 0 Å². The van der Waals surface area contributed by atoms with Gasteiger partial charge in [0, 0.05) is 30.9 Å². The van der Waals surface area contributed by atoms with Gasteiger partial charge in [-0.1, -0.05) is 12.1 Å². The number of rotatable bonds is 5. The van der Waals surface area contributed by atoms with Crippen LogP contribution in [0.5, 0.6) is 0 Å². The second-order valence-electron chi connectivity index (χ2n) is 6.81. The molecule has 3 heteroatoms. The average Bonchev–Trinajstić information content (AvgIpc) is 2.80. The maximum atomic E-state index is 3.48. The van der Waals surface area contributed by atoms with Crippen LogP contribution in [0, 0.1) is 0 Å². The Morgan fingerprint density at radius 3 is 2.65 bits per heavy atom. The van der Waals surface area contributed by atoms with Crippen LogP contribution in [0.4, 0.5) is 5.69 Å². The van der Waals surface area contributed by atoms with E-state index in [1.54, 1.807) is 0 Å². The lowest BCUT2D eigenvalue weighted by molar-refractivity contribution is 0.0259. The molecule has 0 unspecified atom stereocenters. The fourth-order valence-electron chi connectivity index (χ4n) is 3.64. The van der Waals surface area contributed by atoms with Crippen LogP contribution in [0.25, 0.3) is 0 Å². The van der Waals surface area contributed by atoms with E-state index in [0.717, 1.165) is 13.1 Å². The van der Waals surface area contributed by atoms with E-state index in [2.05, 4.69) is 54.5 Å². The Bertz CT molecular complexity index is 477. The highest BCUT2D eigenvalue weighted by Crippen LogP contribution is 2.37. The first-order chi connectivity index (χ1) is 9.59. The topological polar surface area (TPSA) is 18.5 Å². The zero-order valence-electron chi connectivity index (χ0n) is 13.1. The number of nitrogens with one attached hydrogen (secondary N) is 1. The van der Waals surface area contributed by atoms with Gasteiger partial charge in [-0.15, -0.1) is 0 Å². The second kappa shape index (κ2) is 5.38. The van der Waals surface area contributed by atoms with Gasteiger partial charge in [-0.25, -0.2) is 0 Å². The Hall–Kier alpha value is -1.06. The minimum absolute atomic E-state index is 0.420. The summed E-state index contributed by atoms with van der Waals surface area (Å²) in [6.07, 6.45) is 5.25. The van der Waals surface area contributed by atoms with E-state index in [9.17, 15) is 0 Å². The molecule has 0 amide bonds. The van der Waals surface area contributed by atoms with Crippen LogP contribution in [-0.4, -0.2) is 49.6 Å². The van der Waals surface area contributed by atoms with Crippen LogP contribution in [0.3, 0.4) is 0 Å². The fourth-order valence-corrected chi connectivity index (χ4v) is 3.64. The predicted octanol–water partition coefficient (Wildman–Crippen LogP) is 2.57. The Kier molecular flexibility index (Phi) is 3.74. The Balaban J connectivity index is 1.63. The average molecular weight is 273 g/mol. The largest absolute Gasteiger partial charge is 0.384 e. The number of anilines is 1. The molecule has 3 nitrogen and oxygen atoms in total. The Morgan fingerprint density at radius 2 is 2.00 bits per heavy atom. The van der Waals surface area contributed by atoms with E-state index in [-0.39, 0.29) is 0 Å². The van der Waals surface area contributed by atoms with Gasteiger partial charge in [0.2, 0.25) is 0 Å². The smallest absolute Gasteiger partial charge is 0.0376 e. The summed E-state index contributed by atoms with van der Waals surface area (Å²) in [4.78, 5) is 4.91. The first-order valence-electron chi connectivity index (χ1n) is 7.81. The fraction of sp³-hybridized carbons (Fsp3) is 0.647. The lowest BCUT2D eigenvalue weighted by Gasteiger charge is -2.49. The zero-order chi connectivity index (χ0) is 14.2. The van der Waals surface area contributed by atoms with E-state index >= 15 is 0 Å². The number of likely N-dealkylation sites (N-methyl/N-ethyl adjacent to an activating group) is 2. The zero-order valence-corrected chi connectivity index (χ0v) is 13.1. The third-order valence-electron chi connectivity index (χ3n) is 5.13. The van der Waals surface area contributed by atoms with Crippen molar-refractivity contribution in [3.05, 3.63) is 29.3 Å². The highest BCUT2D eigenvalue weighted by atomic mass is 15.2. The summed E-state index contributed by atoms with van der Waals surface area (Å²) in [6.45, 7) is 3.31. The molecule has 0 saturated heterocycles. The molecular weight excluding hydrogens is 246 g/mol. The number of nitrogens with zero attached hydrogens (tertiary/aromatic N) is 2. The van der Waals surface area contributed by atoms with Gasteiger partial charge < -0.3 is 15.1 Å². The van der Waals surface area contributed by atoms with Crippen molar-refractivity contribution in [1.29, 1.82) is 0 Å². The molecule has 20 heavy (non-hydrogen) atoms. The molecule has 110 valence electrons. The molecule has 0 spiro atoms. The first kappa shape index (κ1) is 13.9. The predicted molar refractivity (Wildman–Crippen MR) is 85.2 cm³/mol. The van der Waals surface area contributed by atoms with E-state index in [1.807, 2.05) is 0 Å². The molecule has 1 aromatic carbocycles. The van der Waals surface area contributed by atoms with Crippen molar-refractivity contribution >= 4 is 5.69 Å². The van der Waals surface area contributed by atoms with E-state index < -0.39 is 0 Å². The van der Waals surface area contributed by atoms with Crippen molar-refractivity contribution in [1.82, 2.24) is 9.80 Å². The Labute approximate surface area is 123 Å². The van der Waals surface area contributed by atoms with Crippen LogP contribution in [-0.2, 0) is 13.0 Å². The molecule has 1 fully saturated rings. The van der Waals surface area contributed by atoms with Crippen molar-refractivity contribution in [2.75, 3.05) is 39.5 Å². The molecule has 1 aliphatic heterocycles. The summed E-state index contributed by atoms with van der Waals surface area (Å²) < 4.78 is 0. The molecule has 2 aliphatic rings. The number of benzene rings is 1. The van der Waals surface area contributed by atoms with Gasteiger partial charge in [0.15, 0.2) is 0 Å². The van der Waals surface area contributed by atoms with Crippen LogP contribution in [0.1, 0.15) is 30.4 Å². The van der Waals surface area contributed by atoms with Crippen molar-refractivity contribution < 1.29 is 0 Å². The summed E-state index contributed by atoms with van der Waals surface area (Å²) in [5.74, 6) is 0. The molecule has 0 radical (unpaired) electrons. The maximum absolute atomic E-state index is 3.48. The van der Waals surface area contributed by atoms with Gasteiger partial charge in [-0.05, 0) is 64.0 Å². The third-order valence-corrected chi connectivity index (χ3v) is 5.13. The van der Waals surface area contributed by atoms with Gasteiger partial charge in [0.1, 0.15) is 0 Å². The molecule has 1 saturated carbocycles. The minimum Gasteiger partial charge on any atom is -0.384 e. The second-order valence-corrected chi connectivity index (χ2v) is 6.81. The van der Waals surface area contributed by atoms with Crippen LogP contribution in [0.15, 0.2) is 18.2 Å². The molecule has 1 aromatic rings. The van der Waals surface area contributed by atoms with Crippen LogP contribution < -0.4 is 5.32 Å². The van der Waals surface area contributed by atoms with Crippen molar-refractivity contribution in [3.8, 4) is 0 Å². The SMILES string of the molecule is CN(Cc1ccc2c(c1)NCC2)CC1(N(C)C)CCC1. The van der Waals surface area contributed by atoms with Gasteiger partial charge in [0.05, 0.1) is 0 Å². The molecule has 1 N–H and O–H groups in total. The van der Waals surface area contributed by atoms with Crippen LogP contribution in [0.2, 0.25) is 0 Å². The van der Waals surface area contributed by atoms with E-state index in [0.29, 0.717) is 5.54 Å². The van der Waals surface area contributed by atoms with E-state index in [1.165, 1.54) is 49.0 Å². The van der Waals surface area contributed by atoms with Gasteiger partial charge in [0.25, 0.3) is 0 Å². The van der Waals surface area contributed by atoms with Crippen molar-refractivity contribution in [2.45, 2.75) is 37.8 Å². The van der Waals surface area contributed by atoms with Gasteiger partial charge in [-0.3, -0.25) is 0 Å². The molecule has 0 bridgehead atoms. The molecular formula is C17H27N3. The lowest BCUT2D eigenvalue weighted by Crippen LogP contribution is -2.56. The van der Waals surface area contributed by atoms with E-state index in [4.69, 9.17) is 0 Å². The lowest BCUT2D eigenvalue weighted by atomic mass is 9.75. The summed E-state index contributed by atoms with van der Waals surface area (Å²) in [5.41, 5.74) is 4.67. The first-order valence-corrected chi connectivity index (χ1v) is 7.81. The molecule has 1 aliphatic carbocycles. The normalized spacial score (nSPS) is 19.9.